The molecule has 0 aliphatic heterocycles. The van der Waals surface area contributed by atoms with E-state index in [1.807, 2.05) is 6.92 Å². The first-order valence-corrected chi connectivity index (χ1v) is 7.19. The molecule has 0 atom stereocenters. The summed E-state index contributed by atoms with van der Waals surface area (Å²) in [5.41, 5.74) is -0.434. The average Bonchev–Trinajstić information content (AvgIpc) is 2.59. The summed E-state index contributed by atoms with van der Waals surface area (Å²) in [6.07, 6.45) is 0.768. The van der Waals surface area contributed by atoms with Crippen LogP contribution in [-0.2, 0) is 0 Å². The van der Waals surface area contributed by atoms with E-state index in [4.69, 9.17) is 9.47 Å². The average molecular weight is 322 g/mol. The fourth-order valence-electron chi connectivity index (χ4n) is 1.97. The number of halogens is 3. The monoisotopic (exact) mass is 322 g/mol. The highest BCUT2D eigenvalue weighted by Gasteiger charge is 2.16. The van der Waals surface area contributed by atoms with Gasteiger partial charge in [0.2, 0.25) is 0 Å². The Kier molecular flexibility index (Phi) is 5.68. The van der Waals surface area contributed by atoms with Crippen molar-refractivity contribution in [2.24, 2.45) is 0 Å². The zero-order valence-electron chi connectivity index (χ0n) is 12.9. The highest BCUT2D eigenvalue weighted by atomic mass is 19.2. The molecule has 0 heterocycles. The van der Waals surface area contributed by atoms with Gasteiger partial charge in [-0.05, 0) is 42.8 Å². The van der Waals surface area contributed by atoms with Gasteiger partial charge in [-0.25, -0.2) is 13.2 Å². The lowest BCUT2D eigenvalue weighted by Crippen LogP contribution is -1.97. The molecule has 0 bridgehead atoms. The zero-order valence-corrected chi connectivity index (χ0v) is 12.9. The van der Waals surface area contributed by atoms with Gasteiger partial charge in [0.05, 0.1) is 13.7 Å². The first-order valence-electron chi connectivity index (χ1n) is 7.19. The van der Waals surface area contributed by atoms with E-state index in [2.05, 4.69) is 0 Å². The largest absolute Gasteiger partial charge is 0.497 e. The molecule has 0 saturated heterocycles. The van der Waals surface area contributed by atoms with Crippen molar-refractivity contribution in [1.82, 2.24) is 0 Å². The van der Waals surface area contributed by atoms with Crippen LogP contribution in [0.15, 0.2) is 42.5 Å². The summed E-state index contributed by atoms with van der Waals surface area (Å²) in [5, 5.41) is 0. The Morgan fingerprint density at radius 3 is 2.17 bits per heavy atom. The molecule has 2 aromatic carbocycles. The molecule has 122 valence electrons. The fourth-order valence-corrected chi connectivity index (χ4v) is 1.97. The molecule has 0 spiro atoms. The zero-order chi connectivity index (χ0) is 16.8. The summed E-state index contributed by atoms with van der Waals surface area (Å²) in [6, 6.07) is 9.36. The van der Waals surface area contributed by atoms with Crippen molar-refractivity contribution in [1.29, 1.82) is 0 Å². The van der Waals surface area contributed by atoms with Crippen LogP contribution in [0.5, 0.6) is 11.5 Å². The van der Waals surface area contributed by atoms with Crippen molar-refractivity contribution in [2.45, 2.75) is 13.3 Å². The van der Waals surface area contributed by atoms with Crippen LogP contribution in [-0.4, -0.2) is 13.7 Å². The highest BCUT2D eigenvalue weighted by molar-refractivity contribution is 5.83. The highest BCUT2D eigenvalue weighted by Crippen LogP contribution is 2.32. The number of ether oxygens (including phenoxy) is 2. The fraction of sp³-hybridized carbons (Fsp3) is 0.222. The Balaban J connectivity index is 2.31. The molecule has 0 aliphatic rings. The second-order valence-electron chi connectivity index (χ2n) is 4.85. The molecule has 0 N–H and O–H groups in total. The van der Waals surface area contributed by atoms with Crippen molar-refractivity contribution >= 4 is 11.7 Å². The smallest absolute Gasteiger partial charge is 0.169 e. The maximum Gasteiger partial charge on any atom is 0.169 e. The Labute approximate surface area is 133 Å². The molecule has 23 heavy (non-hydrogen) atoms. The van der Waals surface area contributed by atoms with E-state index < -0.39 is 23.0 Å². The molecule has 0 aromatic heterocycles. The Bertz CT molecular complexity index is 694. The normalized spacial score (nSPS) is 11.9. The van der Waals surface area contributed by atoms with Gasteiger partial charge in [0.1, 0.15) is 17.3 Å². The van der Waals surface area contributed by atoms with Gasteiger partial charge in [-0.3, -0.25) is 0 Å². The minimum atomic E-state index is -1.25. The lowest BCUT2D eigenvalue weighted by atomic mass is 10.1. The molecule has 0 fully saturated rings. The minimum Gasteiger partial charge on any atom is -0.497 e. The minimum absolute atomic E-state index is 0.00834. The molecule has 2 aromatic rings. The van der Waals surface area contributed by atoms with Crippen LogP contribution in [0.25, 0.3) is 11.7 Å². The Hall–Kier alpha value is -2.43. The molecule has 5 heteroatoms. The number of hydrogen-bond acceptors (Lipinski definition) is 2. The number of hydrogen-bond donors (Lipinski definition) is 0. The quantitative estimate of drug-likeness (QED) is 0.664. The van der Waals surface area contributed by atoms with Crippen LogP contribution < -0.4 is 9.47 Å². The molecule has 0 amide bonds. The van der Waals surface area contributed by atoms with Gasteiger partial charge in [-0.15, -0.1) is 0 Å². The SMILES string of the molecule is CCCOc1ccc(/C(F)=C(\F)c2ccc(OC)cc2)c(F)c1. The summed E-state index contributed by atoms with van der Waals surface area (Å²) in [7, 11) is 1.47. The van der Waals surface area contributed by atoms with Gasteiger partial charge < -0.3 is 9.47 Å². The van der Waals surface area contributed by atoms with Crippen molar-refractivity contribution < 1.29 is 22.6 Å². The van der Waals surface area contributed by atoms with Crippen molar-refractivity contribution in [3.63, 3.8) is 0 Å². The van der Waals surface area contributed by atoms with E-state index in [9.17, 15) is 13.2 Å². The predicted octanol–water partition coefficient (Wildman–Crippen LogP) is 5.39. The predicted molar refractivity (Wildman–Crippen MR) is 84.2 cm³/mol. The van der Waals surface area contributed by atoms with Crippen LogP contribution in [0.3, 0.4) is 0 Å². The van der Waals surface area contributed by atoms with Gasteiger partial charge in [-0.1, -0.05) is 6.92 Å². The van der Waals surface area contributed by atoms with E-state index >= 15 is 0 Å². The van der Waals surface area contributed by atoms with Crippen LogP contribution in [0, 0.1) is 5.82 Å². The van der Waals surface area contributed by atoms with E-state index in [-0.39, 0.29) is 11.3 Å². The molecule has 0 saturated carbocycles. The topological polar surface area (TPSA) is 18.5 Å². The van der Waals surface area contributed by atoms with E-state index in [1.54, 1.807) is 0 Å². The molecular formula is C18H17F3O2. The Morgan fingerprint density at radius 2 is 1.61 bits per heavy atom. The van der Waals surface area contributed by atoms with Crippen molar-refractivity contribution in [3.05, 3.63) is 59.4 Å². The maximum absolute atomic E-state index is 14.2. The van der Waals surface area contributed by atoms with Gasteiger partial charge >= 0.3 is 0 Å². The molecule has 0 unspecified atom stereocenters. The third kappa shape index (κ3) is 4.06. The van der Waals surface area contributed by atoms with E-state index in [0.717, 1.165) is 12.5 Å². The number of methoxy groups -OCH3 is 1. The standard InChI is InChI=1S/C18H17F3O2/c1-3-10-23-14-8-9-15(16(19)11-14)18(21)17(20)12-4-6-13(22-2)7-5-12/h4-9,11H,3,10H2,1-2H3/b18-17+. The summed E-state index contributed by atoms with van der Waals surface area (Å²) in [5.74, 6) is -2.46. The number of rotatable bonds is 6. The first kappa shape index (κ1) is 16.9. The van der Waals surface area contributed by atoms with E-state index in [1.165, 1.54) is 43.5 Å². The lowest BCUT2D eigenvalue weighted by molar-refractivity contribution is 0.315. The van der Waals surface area contributed by atoms with Crippen LogP contribution in [0.2, 0.25) is 0 Å². The summed E-state index contributed by atoms with van der Waals surface area (Å²) in [6.45, 7) is 2.34. The van der Waals surface area contributed by atoms with Crippen LogP contribution in [0.1, 0.15) is 24.5 Å². The molecular weight excluding hydrogens is 305 g/mol. The molecule has 2 nitrogen and oxygen atoms in total. The summed E-state index contributed by atoms with van der Waals surface area (Å²) >= 11 is 0. The molecule has 0 radical (unpaired) electrons. The third-order valence-electron chi connectivity index (χ3n) is 3.19. The van der Waals surface area contributed by atoms with Gasteiger partial charge in [-0.2, -0.15) is 0 Å². The Morgan fingerprint density at radius 1 is 0.957 bits per heavy atom. The second kappa shape index (κ2) is 7.72. The summed E-state index contributed by atoms with van der Waals surface area (Å²) < 4.78 is 52.6. The first-order chi connectivity index (χ1) is 11.1. The molecule has 0 aliphatic carbocycles. The third-order valence-corrected chi connectivity index (χ3v) is 3.19. The maximum atomic E-state index is 14.2. The second-order valence-corrected chi connectivity index (χ2v) is 4.85. The molecule has 2 rings (SSSR count). The lowest BCUT2D eigenvalue weighted by Gasteiger charge is -2.08. The van der Waals surface area contributed by atoms with Crippen LogP contribution in [0.4, 0.5) is 13.2 Å². The van der Waals surface area contributed by atoms with Gasteiger partial charge in [0, 0.05) is 17.2 Å². The van der Waals surface area contributed by atoms with Gasteiger partial charge in [0.25, 0.3) is 0 Å². The summed E-state index contributed by atoms with van der Waals surface area (Å²) in [4.78, 5) is 0. The number of benzene rings is 2. The van der Waals surface area contributed by atoms with Gasteiger partial charge in [0.15, 0.2) is 11.7 Å². The van der Waals surface area contributed by atoms with Crippen molar-refractivity contribution in [2.75, 3.05) is 13.7 Å². The van der Waals surface area contributed by atoms with E-state index in [0.29, 0.717) is 12.4 Å². The van der Waals surface area contributed by atoms with Crippen molar-refractivity contribution in [3.8, 4) is 11.5 Å². The van der Waals surface area contributed by atoms with Crippen LogP contribution >= 0.6 is 0 Å².